The summed E-state index contributed by atoms with van der Waals surface area (Å²) < 4.78 is 29.3. The van der Waals surface area contributed by atoms with E-state index in [0.29, 0.717) is 17.8 Å². The summed E-state index contributed by atoms with van der Waals surface area (Å²) in [6.45, 7) is 5.85. The highest BCUT2D eigenvalue weighted by Crippen LogP contribution is 2.23. The zero-order chi connectivity index (χ0) is 15.6. The van der Waals surface area contributed by atoms with E-state index >= 15 is 0 Å². The van der Waals surface area contributed by atoms with Gasteiger partial charge in [0.25, 0.3) is 10.0 Å². The van der Waals surface area contributed by atoms with Crippen LogP contribution in [-0.4, -0.2) is 18.2 Å². The van der Waals surface area contributed by atoms with Gasteiger partial charge in [0.15, 0.2) is 0 Å². The summed E-state index contributed by atoms with van der Waals surface area (Å²) in [6, 6.07) is 5.09. The van der Waals surface area contributed by atoms with Gasteiger partial charge in [-0.15, -0.1) is 0 Å². The van der Waals surface area contributed by atoms with Crippen LogP contribution in [0.1, 0.15) is 32.4 Å². The number of nitrogen functional groups attached to an aromatic ring is 1. The van der Waals surface area contributed by atoms with Crippen molar-refractivity contribution in [2.45, 2.75) is 38.1 Å². The van der Waals surface area contributed by atoms with Gasteiger partial charge in [-0.25, -0.2) is 8.42 Å². The lowest BCUT2D eigenvalue weighted by Crippen LogP contribution is -2.15. The van der Waals surface area contributed by atoms with Crippen molar-refractivity contribution >= 4 is 21.4 Å². The van der Waals surface area contributed by atoms with Crippen molar-refractivity contribution in [2.75, 3.05) is 10.5 Å². The average Bonchev–Trinajstić information content (AvgIpc) is 2.86. The first-order valence-electron chi connectivity index (χ1n) is 6.79. The smallest absolute Gasteiger partial charge is 0.262 e. The van der Waals surface area contributed by atoms with Gasteiger partial charge < -0.3 is 5.73 Å². The number of aromatic nitrogens is 2. The van der Waals surface area contributed by atoms with Crippen LogP contribution in [-0.2, 0) is 16.4 Å². The molecule has 0 aliphatic heterocycles. The molecule has 2 aromatic rings. The Hall–Kier alpha value is -2.02. The van der Waals surface area contributed by atoms with Crippen LogP contribution in [0.4, 0.5) is 11.4 Å². The number of hydrogen-bond donors (Lipinski definition) is 2. The molecule has 2 rings (SSSR count). The number of aryl methyl sites for hydroxylation is 1. The van der Waals surface area contributed by atoms with Crippen LogP contribution in [0.25, 0.3) is 0 Å². The van der Waals surface area contributed by atoms with Crippen LogP contribution >= 0.6 is 0 Å². The molecule has 1 aromatic heterocycles. The third-order valence-electron chi connectivity index (χ3n) is 3.14. The van der Waals surface area contributed by atoms with Crippen LogP contribution in [0.3, 0.4) is 0 Å². The maximum absolute atomic E-state index is 12.5. The minimum Gasteiger partial charge on any atom is -0.399 e. The summed E-state index contributed by atoms with van der Waals surface area (Å²) in [6.07, 6.45) is 3.78. The van der Waals surface area contributed by atoms with Crippen molar-refractivity contribution in [2.24, 2.45) is 0 Å². The molecular weight excluding hydrogens is 288 g/mol. The molecule has 0 atom stereocenters. The molecule has 6 nitrogen and oxygen atoms in total. The predicted octanol–water partition coefficient (Wildman–Crippen LogP) is 2.41. The van der Waals surface area contributed by atoms with Crippen molar-refractivity contribution in [1.29, 1.82) is 0 Å². The molecule has 0 saturated carbocycles. The van der Waals surface area contributed by atoms with Crippen LogP contribution in [0.5, 0.6) is 0 Å². The van der Waals surface area contributed by atoms with Crippen LogP contribution in [0.2, 0.25) is 0 Å². The van der Waals surface area contributed by atoms with E-state index in [-0.39, 0.29) is 10.9 Å². The fourth-order valence-electron chi connectivity index (χ4n) is 2.00. The van der Waals surface area contributed by atoms with E-state index in [1.54, 1.807) is 23.0 Å². The summed E-state index contributed by atoms with van der Waals surface area (Å²) in [5.41, 5.74) is 7.30. The number of nitrogens with zero attached hydrogens (tertiary/aromatic N) is 2. The second-order valence-electron chi connectivity index (χ2n) is 5.13. The highest BCUT2D eigenvalue weighted by molar-refractivity contribution is 7.92. The van der Waals surface area contributed by atoms with Crippen molar-refractivity contribution in [3.63, 3.8) is 0 Å². The predicted molar refractivity (Wildman–Crippen MR) is 83.7 cm³/mol. The topological polar surface area (TPSA) is 90.0 Å². The Kier molecular flexibility index (Phi) is 4.22. The second kappa shape index (κ2) is 5.77. The lowest BCUT2D eigenvalue weighted by molar-refractivity contribution is 0.532. The molecule has 1 aromatic carbocycles. The summed E-state index contributed by atoms with van der Waals surface area (Å²) >= 11 is 0. The molecule has 0 spiro atoms. The normalized spacial score (nSPS) is 11.8. The molecule has 3 N–H and O–H groups in total. The van der Waals surface area contributed by atoms with E-state index in [1.165, 1.54) is 12.3 Å². The first kappa shape index (κ1) is 15.4. The first-order valence-corrected chi connectivity index (χ1v) is 8.27. The average molecular weight is 308 g/mol. The molecule has 0 amide bonds. The number of benzene rings is 1. The van der Waals surface area contributed by atoms with Gasteiger partial charge in [0.1, 0.15) is 0 Å². The largest absolute Gasteiger partial charge is 0.399 e. The van der Waals surface area contributed by atoms with Gasteiger partial charge in [0.2, 0.25) is 0 Å². The number of nitrogens with two attached hydrogens (primary N) is 1. The van der Waals surface area contributed by atoms with Gasteiger partial charge in [-0.05, 0) is 38.0 Å². The Morgan fingerprint density at radius 3 is 2.67 bits per heavy atom. The van der Waals surface area contributed by atoms with E-state index < -0.39 is 10.0 Å². The van der Waals surface area contributed by atoms with Crippen LogP contribution < -0.4 is 10.5 Å². The fourth-order valence-corrected chi connectivity index (χ4v) is 3.37. The Morgan fingerprint density at radius 2 is 2.10 bits per heavy atom. The molecule has 0 unspecified atom stereocenters. The van der Waals surface area contributed by atoms with Crippen molar-refractivity contribution in [3.8, 4) is 0 Å². The zero-order valence-corrected chi connectivity index (χ0v) is 13.2. The summed E-state index contributed by atoms with van der Waals surface area (Å²) in [7, 11) is -3.67. The summed E-state index contributed by atoms with van der Waals surface area (Å²) in [4.78, 5) is 0.210. The zero-order valence-electron chi connectivity index (χ0n) is 12.4. The molecule has 21 heavy (non-hydrogen) atoms. The molecule has 0 saturated heterocycles. The third kappa shape index (κ3) is 3.36. The molecule has 1 heterocycles. The third-order valence-corrected chi connectivity index (χ3v) is 4.61. The molecule has 114 valence electrons. The quantitative estimate of drug-likeness (QED) is 0.830. The minimum absolute atomic E-state index is 0.168. The van der Waals surface area contributed by atoms with Crippen molar-refractivity contribution in [3.05, 3.63) is 36.2 Å². The maximum Gasteiger partial charge on any atom is 0.262 e. The number of rotatable bonds is 5. The van der Waals surface area contributed by atoms with Gasteiger partial charge in [0.05, 0.1) is 16.8 Å². The molecule has 0 aliphatic carbocycles. The SMILES string of the molecule is CCc1ccc(N)cc1S(=O)(=O)Nc1cnn(C(C)C)c1. The lowest BCUT2D eigenvalue weighted by Gasteiger charge is -2.11. The Bertz CT molecular complexity index is 735. The van der Waals surface area contributed by atoms with Crippen molar-refractivity contribution in [1.82, 2.24) is 9.78 Å². The van der Waals surface area contributed by atoms with E-state index in [4.69, 9.17) is 5.73 Å². The Labute approximate surface area is 125 Å². The van der Waals surface area contributed by atoms with Crippen LogP contribution in [0, 0.1) is 0 Å². The highest BCUT2D eigenvalue weighted by Gasteiger charge is 2.19. The maximum atomic E-state index is 12.5. The summed E-state index contributed by atoms with van der Waals surface area (Å²) in [5.74, 6) is 0. The number of hydrogen-bond acceptors (Lipinski definition) is 4. The Balaban J connectivity index is 2.35. The van der Waals surface area contributed by atoms with Crippen molar-refractivity contribution < 1.29 is 8.42 Å². The van der Waals surface area contributed by atoms with E-state index in [2.05, 4.69) is 9.82 Å². The minimum atomic E-state index is -3.67. The number of sulfonamides is 1. The molecular formula is C14H20N4O2S. The van der Waals surface area contributed by atoms with Gasteiger partial charge in [-0.3, -0.25) is 9.40 Å². The van der Waals surface area contributed by atoms with Gasteiger partial charge in [-0.1, -0.05) is 13.0 Å². The van der Waals surface area contributed by atoms with E-state index in [9.17, 15) is 8.42 Å². The van der Waals surface area contributed by atoms with Gasteiger partial charge >= 0.3 is 0 Å². The molecule has 0 radical (unpaired) electrons. The standard InChI is InChI=1S/C14H20N4O2S/c1-4-11-5-6-12(15)7-14(11)21(19,20)17-13-8-16-18(9-13)10(2)3/h5-10,17H,4,15H2,1-3H3. The highest BCUT2D eigenvalue weighted by atomic mass is 32.2. The van der Waals surface area contributed by atoms with Gasteiger partial charge in [-0.2, -0.15) is 5.10 Å². The van der Waals surface area contributed by atoms with Gasteiger partial charge in [0, 0.05) is 17.9 Å². The van der Waals surface area contributed by atoms with E-state index in [0.717, 1.165) is 5.56 Å². The number of anilines is 2. The molecule has 7 heteroatoms. The lowest BCUT2D eigenvalue weighted by atomic mass is 10.1. The first-order chi connectivity index (χ1) is 9.83. The summed E-state index contributed by atoms with van der Waals surface area (Å²) in [5, 5.41) is 4.12. The van der Waals surface area contributed by atoms with Crippen LogP contribution in [0.15, 0.2) is 35.5 Å². The molecule has 0 aliphatic rings. The monoisotopic (exact) mass is 308 g/mol. The fraction of sp³-hybridized carbons (Fsp3) is 0.357. The Morgan fingerprint density at radius 1 is 1.38 bits per heavy atom. The van der Waals surface area contributed by atoms with E-state index in [1.807, 2.05) is 20.8 Å². The molecule has 0 bridgehead atoms. The number of nitrogens with one attached hydrogen (secondary N) is 1. The second-order valence-corrected chi connectivity index (χ2v) is 6.78. The molecule has 0 fully saturated rings.